The molecule has 3 aromatic rings. The molecule has 6 heteroatoms. The molecular formula is C26H30N2O3S. The highest BCUT2D eigenvalue weighted by Crippen LogP contribution is 2.25. The topological polar surface area (TPSA) is 75.3 Å². The van der Waals surface area contributed by atoms with Crippen molar-refractivity contribution in [3.05, 3.63) is 94.0 Å². The molecular weight excluding hydrogens is 420 g/mol. The molecule has 0 aliphatic carbocycles. The Bertz CT molecular complexity index is 1230. The first-order valence-corrected chi connectivity index (χ1v) is 12.2. The van der Waals surface area contributed by atoms with Crippen molar-refractivity contribution < 1.29 is 13.2 Å². The minimum Gasteiger partial charge on any atom is -0.346 e. The Balaban J connectivity index is 1.83. The first-order chi connectivity index (χ1) is 15.1. The second-order valence-corrected chi connectivity index (χ2v) is 9.77. The maximum atomic E-state index is 13.1. The predicted octanol–water partition coefficient (Wildman–Crippen LogP) is 5.47. The maximum Gasteiger partial charge on any atom is 0.262 e. The molecule has 3 rings (SSSR count). The zero-order valence-corrected chi connectivity index (χ0v) is 20.0. The van der Waals surface area contributed by atoms with Crippen molar-refractivity contribution in [2.24, 2.45) is 0 Å². The summed E-state index contributed by atoms with van der Waals surface area (Å²) in [4.78, 5) is 13.0. The number of amides is 1. The monoisotopic (exact) mass is 450 g/mol. The summed E-state index contributed by atoms with van der Waals surface area (Å²) in [5, 5.41) is 2.96. The van der Waals surface area contributed by atoms with Gasteiger partial charge in [0, 0.05) is 5.56 Å². The Morgan fingerprint density at radius 3 is 2.28 bits per heavy atom. The van der Waals surface area contributed by atoms with Crippen LogP contribution in [0.25, 0.3) is 0 Å². The molecule has 32 heavy (non-hydrogen) atoms. The molecule has 0 aromatic heterocycles. The van der Waals surface area contributed by atoms with Crippen LogP contribution in [0.5, 0.6) is 0 Å². The van der Waals surface area contributed by atoms with Gasteiger partial charge in [-0.3, -0.25) is 9.52 Å². The van der Waals surface area contributed by atoms with E-state index in [1.807, 2.05) is 57.2 Å². The largest absolute Gasteiger partial charge is 0.346 e. The lowest BCUT2D eigenvalue weighted by molar-refractivity contribution is 0.0939. The fourth-order valence-electron chi connectivity index (χ4n) is 3.50. The summed E-state index contributed by atoms with van der Waals surface area (Å²) in [7, 11) is -3.86. The average Bonchev–Trinajstić information content (AvgIpc) is 2.77. The fourth-order valence-corrected chi connectivity index (χ4v) is 4.89. The molecule has 1 atom stereocenters. The number of hydrogen-bond acceptors (Lipinski definition) is 3. The van der Waals surface area contributed by atoms with Crippen molar-refractivity contribution in [2.45, 2.75) is 52.0 Å². The van der Waals surface area contributed by atoms with Gasteiger partial charge in [-0.2, -0.15) is 0 Å². The Morgan fingerprint density at radius 2 is 1.62 bits per heavy atom. The van der Waals surface area contributed by atoms with Crippen LogP contribution in [0.2, 0.25) is 0 Å². The van der Waals surface area contributed by atoms with E-state index in [0.717, 1.165) is 23.1 Å². The van der Waals surface area contributed by atoms with Gasteiger partial charge in [0.1, 0.15) is 0 Å². The van der Waals surface area contributed by atoms with Crippen LogP contribution >= 0.6 is 0 Å². The molecule has 3 aromatic carbocycles. The number of benzene rings is 3. The molecule has 0 spiro atoms. The van der Waals surface area contributed by atoms with Crippen LogP contribution in [-0.4, -0.2) is 14.3 Å². The number of anilines is 1. The van der Waals surface area contributed by atoms with E-state index in [4.69, 9.17) is 0 Å². The molecule has 168 valence electrons. The van der Waals surface area contributed by atoms with Crippen LogP contribution in [0, 0.1) is 20.8 Å². The van der Waals surface area contributed by atoms with Gasteiger partial charge in [0.25, 0.3) is 15.9 Å². The van der Waals surface area contributed by atoms with Crippen LogP contribution in [0.4, 0.5) is 5.69 Å². The van der Waals surface area contributed by atoms with Gasteiger partial charge in [-0.25, -0.2) is 8.42 Å². The van der Waals surface area contributed by atoms with E-state index in [2.05, 4.69) is 17.0 Å². The molecule has 2 N–H and O–H groups in total. The van der Waals surface area contributed by atoms with E-state index in [-0.39, 0.29) is 16.8 Å². The van der Waals surface area contributed by atoms with E-state index in [9.17, 15) is 13.2 Å². The molecule has 0 heterocycles. The molecule has 1 amide bonds. The molecule has 0 aliphatic heterocycles. The predicted molar refractivity (Wildman–Crippen MR) is 130 cm³/mol. The van der Waals surface area contributed by atoms with Gasteiger partial charge in [0.05, 0.1) is 16.6 Å². The van der Waals surface area contributed by atoms with Crippen molar-refractivity contribution >= 4 is 21.6 Å². The molecule has 0 saturated carbocycles. The molecule has 0 aliphatic rings. The smallest absolute Gasteiger partial charge is 0.262 e. The van der Waals surface area contributed by atoms with Gasteiger partial charge in [-0.1, -0.05) is 49.4 Å². The second kappa shape index (κ2) is 9.57. The third-order valence-corrected chi connectivity index (χ3v) is 7.33. The third kappa shape index (κ3) is 5.19. The lowest BCUT2D eigenvalue weighted by Crippen LogP contribution is -2.27. The lowest BCUT2D eigenvalue weighted by atomic mass is 10.0. The van der Waals surface area contributed by atoms with E-state index in [1.54, 1.807) is 25.1 Å². The molecule has 0 fully saturated rings. The number of aryl methyl sites for hydroxylation is 3. The molecule has 0 radical (unpaired) electrons. The Hall–Kier alpha value is -3.12. The van der Waals surface area contributed by atoms with E-state index in [1.165, 1.54) is 11.6 Å². The molecule has 0 bridgehead atoms. The number of carbonyl (C=O) groups excluding carboxylic acids is 1. The van der Waals surface area contributed by atoms with E-state index >= 15 is 0 Å². The summed E-state index contributed by atoms with van der Waals surface area (Å²) in [6, 6.07) is 18.1. The van der Waals surface area contributed by atoms with Crippen molar-refractivity contribution in [1.82, 2.24) is 5.32 Å². The fraction of sp³-hybridized carbons (Fsp3) is 0.269. The Morgan fingerprint density at radius 1 is 0.938 bits per heavy atom. The van der Waals surface area contributed by atoms with Crippen LogP contribution in [0.1, 0.15) is 58.1 Å². The number of rotatable bonds is 7. The molecule has 0 unspecified atom stereocenters. The van der Waals surface area contributed by atoms with Crippen LogP contribution in [0.15, 0.2) is 65.6 Å². The second-order valence-electron chi connectivity index (χ2n) is 8.12. The summed E-state index contributed by atoms with van der Waals surface area (Å²) in [6.07, 6.45) is 0.956. The number of hydrogen-bond donors (Lipinski definition) is 2. The van der Waals surface area contributed by atoms with Crippen molar-refractivity contribution in [1.29, 1.82) is 0 Å². The standard InChI is InChI=1S/C26H30N2O3S/c1-6-21-11-14-22(15-12-21)20(5)27-26(29)23-13-10-18(3)25(16-23)32(30,31)28-24-9-7-8-17(2)19(24)4/h7-16,20,28H,6H2,1-5H3,(H,27,29)/t20-/m1/s1. The third-order valence-electron chi connectivity index (χ3n) is 5.82. The Labute approximate surface area is 190 Å². The minimum absolute atomic E-state index is 0.0889. The van der Waals surface area contributed by atoms with Crippen molar-refractivity contribution in [3.8, 4) is 0 Å². The van der Waals surface area contributed by atoms with Crippen LogP contribution in [-0.2, 0) is 16.4 Å². The van der Waals surface area contributed by atoms with E-state index in [0.29, 0.717) is 16.8 Å². The highest BCUT2D eigenvalue weighted by Gasteiger charge is 2.21. The van der Waals surface area contributed by atoms with Gasteiger partial charge in [0.2, 0.25) is 0 Å². The molecule has 5 nitrogen and oxygen atoms in total. The number of sulfonamides is 1. The van der Waals surface area contributed by atoms with Gasteiger partial charge >= 0.3 is 0 Å². The summed E-state index contributed by atoms with van der Waals surface area (Å²) in [5.74, 6) is -0.319. The van der Waals surface area contributed by atoms with Crippen molar-refractivity contribution in [2.75, 3.05) is 4.72 Å². The quantitative estimate of drug-likeness (QED) is 0.501. The summed E-state index contributed by atoms with van der Waals surface area (Å²) >= 11 is 0. The van der Waals surface area contributed by atoms with Gasteiger partial charge in [-0.05, 0) is 80.1 Å². The SMILES string of the molecule is CCc1ccc([C@@H](C)NC(=O)c2ccc(C)c(S(=O)(=O)Nc3cccc(C)c3C)c2)cc1. The molecule has 0 saturated heterocycles. The summed E-state index contributed by atoms with van der Waals surface area (Å²) < 4.78 is 28.9. The summed E-state index contributed by atoms with van der Waals surface area (Å²) in [6.45, 7) is 9.53. The van der Waals surface area contributed by atoms with Crippen LogP contribution < -0.4 is 10.0 Å². The minimum atomic E-state index is -3.86. The van der Waals surface area contributed by atoms with Crippen LogP contribution in [0.3, 0.4) is 0 Å². The number of carbonyl (C=O) groups is 1. The first-order valence-electron chi connectivity index (χ1n) is 10.7. The maximum absolute atomic E-state index is 13.1. The Kier molecular flexibility index (Phi) is 7.04. The van der Waals surface area contributed by atoms with Gasteiger partial charge < -0.3 is 5.32 Å². The first kappa shape index (κ1) is 23.5. The normalized spacial score (nSPS) is 12.3. The zero-order chi connectivity index (χ0) is 23.5. The zero-order valence-electron chi connectivity index (χ0n) is 19.2. The highest BCUT2D eigenvalue weighted by molar-refractivity contribution is 7.92. The lowest BCUT2D eigenvalue weighted by Gasteiger charge is -2.17. The summed E-state index contributed by atoms with van der Waals surface area (Å²) in [5.41, 5.74) is 5.49. The van der Waals surface area contributed by atoms with Gasteiger partial charge in [-0.15, -0.1) is 0 Å². The average molecular weight is 451 g/mol. The number of nitrogens with one attached hydrogen (secondary N) is 2. The van der Waals surface area contributed by atoms with Crippen molar-refractivity contribution in [3.63, 3.8) is 0 Å². The van der Waals surface area contributed by atoms with E-state index < -0.39 is 10.0 Å². The highest BCUT2D eigenvalue weighted by atomic mass is 32.2. The van der Waals surface area contributed by atoms with Gasteiger partial charge in [0.15, 0.2) is 0 Å².